The Morgan fingerprint density at radius 2 is 1.88 bits per heavy atom. The van der Waals surface area contributed by atoms with Crippen LogP contribution >= 0.6 is 12.4 Å². The summed E-state index contributed by atoms with van der Waals surface area (Å²) in [6, 6.07) is 3.85. The Balaban J connectivity index is 0.00000208. The maximum atomic E-state index is 12.6. The number of nitrogens with zero attached hydrogens (tertiary/aromatic N) is 1. The molecule has 0 aromatic heterocycles. The van der Waals surface area contributed by atoms with Crippen molar-refractivity contribution >= 4 is 34.2 Å². The summed E-state index contributed by atoms with van der Waals surface area (Å²) in [5.74, 6) is -0.656. The summed E-state index contributed by atoms with van der Waals surface area (Å²) in [5, 5.41) is 3.17. The summed E-state index contributed by atoms with van der Waals surface area (Å²) in [5.41, 5.74) is 0.374. The first kappa shape index (κ1) is 18.9. The van der Waals surface area contributed by atoms with Crippen LogP contribution in [-0.2, 0) is 10.0 Å². The summed E-state index contributed by atoms with van der Waals surface area (Å²) in [6.45, 7) is 3.46. The van der Waals surface area contributed by atoms with Gasteiger partial charge in [0.1, 0.15) is 0 Å². The van der Waals surface area contributed by atoms with Gasteiger partial charge in [-0.1, -0.05) is 6.92 Å². The molecule has 2 atom stereocenters. The molecule has 3 rings (SSSR count). The van der Waals surface area contributed by atoms with Gasteiger partial charge in [-0.2, -0.15) is 0 Å². The topological polar surface area (TPSA) is 95.6 Å². The van der Waals surface area contributed by atoms with Crippen molar-refractivity contribution < 1.29 is 18.0 Å². The summed E-state index contributed by atoms with van der Waals surface area (Å²) in [4.78, 5) is 24.9. The monoisotopic (exact) mass is 373 g/mol. The van der Waals surface area contributed by atoms with Gasteiger partial charge in [0.2, 0.25) is 10.0 Å². The molecule has 9 heteroatoms. The van der Waals surface area contributed by atoms with Crippen LogP contribution in [0.1, 0.15) is 34.1 Å². The van der Waals surface area contributed by atoms with E-state index in [2.05, 4.69) is 10.0 Å². The maximum Gasteiger partial charge on any atom is 0.261 e. The number of sulfonamides is 1. The Kier molecular flexibility index (Phi) is 5.34. The SMILES string of the molecule is CC1CCNCC1NS(=O)(=O)c1ccc2c(c1)C(=O)N(C)C2=O.Cl. The van der Waals surface area contributed by atoms with E-state index < -0.39 is 21.8 Å². The lowest BCUT2D eigenvalue weighted by Crippen LogP contribution is -2.50. The molecule has 2 heterocycles. The number of carbonyl (C=O) groups is 2. The Morgan fingerprint density at radius 1 is 1.21 bits per heavy atom. The maximum absolute atomic E-state index is 12.6. The van der Waals surface area contributed by atoms with Gasteiger partial charge >= 0.3 is 0 Å². The second-order valence-corrected chi connectivity index (χ2v) is 7.79. The number of benzene rings is 1. The van der Waals surface area contributed by atoms with Gasteiger partial charge in [-0.3, -0.25) is 14.5 Å². The van der Waals surface area contributed by atoms with Crippen molar-refractivity contribution in [1.29, 1.82) is 0 Å². The highest BCUT2D eigenvalue weighted by atomic mass is 35.5. The molecule has 132 valence electrons. The molecule has 0 bridgehead atoms. The zero-order valence-corrected chi connectivity index (χ0v) is 15.0. The average molecular weight is 374 g/mol. The van der Waals surface area contributed by atoms with Gasteiger partial charge in [0, 0.05) is 19.6 Å². The van der Waals surface area contributed by atoms with Crippen LogP contribution in [0.3, 0.4) is 0 Å². The fraction of sp³-hybridized carbons (Fsp3) is 0.467. The van der Waals surface area contributed by atoms with Crippen LogP contribution in [0.4, 0.5) is 0 Å². The van der Waals surface area contributed by atoms with Crippen LogP contribution in [0, 0.1) is 5.92 Å². The van der Waals surface area contributed by atoms with Crippen LogP contribution in [0.25, 0.3) is 0 Å². The van der Waals surface area contributed by atoms with E-state index in [0.717, 1.165) is 17.9 Å². The van der Waals surface area contributed by atoms with E-state index in [1.807, 2.05) is 6.92 Å². The molecule has 2 aliphatic heterocycles. The van der Waals surface area contributed by atoms with E-state index >= 15 is 0 Å². The summed E-state index contributed by atoms with van der Waals surface area (Å²) < 4.78 is 27.8. The first-order valence-electron chi connectivity index (χ1n) is 7.51. The Morgan fingerprint density at radius 3 is 2.54 bits per heavy atom. The minimum atomic E-state index is -3.74. The number of rotatable bonds is 3. The molecular formula is C15H20ClN3O4S. The van der Waals surface area contributed by atoms with Gasteiger partial charge in [-0.15, -0.1) is 12.4 Å². The van der Waals surface area contributed by atoms with Gasteiger partial charge in [-0.05, 0) is 37.1 Å². The first-order valence-corrected chi connectivity index (χ1v) is 8.99. The normalized spacial score (nSPS) is 23.8. The first-order chi connectivity index (χ1) is 10.8. The predicted molar refractivity (Wildman–Crippen MR) is 90.9 cm³/mol. The molecule has 2 N–H and O–H groups in total. The van der Waals surface area contributed by atoms with Crippen LogP contribution in [0.15, 0.2) is 23.1 Å². The largest absolute Gasteiger partial charge is 0.315 e. The number of carbonyl (C=O) groups excluding carboxylic acids is 2. The van der Waals surface area contributed by atoms with E-state index in [1.54, 1.807) is 0 Å². The van der Waals surface area contributed by atoms with Crippen molar-refractivity contribution in [1.82, 2.24) is 14.9 Å². The average Bonchev–Trinajstić information content (AvgIpc) is 2.74. The Hall–Kier alpha value is -1.48. The van der Waals surface area contributed by atoms with Crippen LogP contribution in [0.5, 0.6) is 0 Å². The molecule has 0 saturated carbocycles. The summed E-state index contributed by atoms with van der Waals surface area (Å²) in [6.07, 6.45) is 0.898. The lowest BCUT2D eigenvalue weighted by atomic mass is 9.96. The van der Waals surface area contributed by atoms with Gasteiger partial charge in [0.15, 0.2) is 0 Å². The van der Waals surface area contributed by atoms with E-state index in [0.29, 0.717) is 6.54 Å². The van der Waals surface area contributed by atoms with E-state index in [-0.39, 0.29) is 40.4 Å². The van der Waals surface area contributed by atoms with Crippen molar-refractivity contribution in [2.45, 2.75) is 24.3 Å². The molecule has 1 aromatic rings. The molecule has 1 fully saturated rings. The molecule has 0 radical (unpaired) electrons. The number of halogens is 1. The summed E-state index contributed by atoms with van der Waals surface area (Å²) >= 11 is 0. The highest BCUT2D eigenvalue weighted by Gasteiger charge is 2.34. The third-order valence-electron chi connectivity index (χ3n) is 4.51. The molecule has 1 aromatic carbocycles. The van der Waals surface area contributed by atoms with Gasteiger partial charge < -0.3 is 5.32 Å². The van der Waals surface area contributed by atoms with Crippen molar-refractivity contribution in [3.8, 4) is 0 Å². The number of amides is 2. The lowest BCUT2D eigenvalue weighted by molar-refractivity contribution is 0.0693. The predicted octanol–water partition coefficient (Wildman–Crippen LogP) is 0.610. The minimum Gasteiger partial charge on any atom is -0.315 e. The summed E-state index contributed by atoms with van der Waals surface area (Å²) in [7, 11) is -2.36. The quantitative estimate of drug-likeness (QED) is 0.757. The van der Waals surface area contributed by atoms with Crippen molar-refractivity contribution in [2.75, 3.05) is 20.1 Å². The van der Waals surface area contributed by atoms with Crippen molar-refractivity contribution in [3.63, 3.8) is 0 Å². The van der Waals surface area contributed by atoms with E-state index in [4.69, 9.17) is 0 Å². The number of hydrogen-bond donors (Lipinski definition) is 2. The highest BCUT2D eigenvalue weighted by Crippen LogP contribution is 2.25. The molecular weight excluding hydrogens is 354 g/mol. The third-order valence-corrected chi connectivity index (χ3v) is 5.99. The molecule has 2 amide bonds. The number of piperidine rings is 1. The minimum absolute atomic E-state index is 0. The number of imide groups is 1. The number of fused-ring (bicyclic) bond motifs is 1. The highest BCUT2D eigenvalue weighted by molar-refractivity contribution is 7.89. The lowest BCUT2D eigenvalue weighted by Gasteiger charge is -2.30. The van der Waals surface area contributed by atoms with Crippen LogP contribution < -0.4 is 10.0 Å². The molecule has 2 aliphatic rings. The van der Waals surface area contributed by atoms with Gasteiger partial charge in [-0.25, -0.2) is 13.1 Å². The number of hydrogen-bond acceptors (Lipinski definition) is 5. The van der Waals surface area contributed by atoms with Crippen molar-refractivity contribution in [2.24, 2.45) is 5.92 Å². The van der Waals surface area contributed by atoms with E-state index in [9.17, 15) is 18.0 Å². The smallest absolute Gasteiger partial charge is 0.261 e. The molecule has 7 nitrogen and oxygen atoms in total. The van der Waals surface area contributed by atoms with E-state index in [1.165, 1.54) is 25.2 Å². The fourth-order valence-corrected chi connectivity index (χ4v) is 4.29. The molecule has 1 saturated heterocycles. The number of nitrogens with one attached hydrogen (secondary N) is 2. The Labute approximate surface area is 147 Å². The molecule has 2 unspecified atom stereocenters. The second-order valence-electron chi connectivity index (χ2n) is 6.07. The standard InChI is InChI=1S/C15H19N3O4S.ClH/c1-9-5-6-16-8-13(9)17-23(21,22)10-3-4-11-12(7-10)15(20)18(2)14(11)19;/h3-4,7,9,13,16-17H,5-6,8H2,1-2H3;1H. The van der Waals surface area contributed by atoms with Gasteiger partial charge in [0.05, 0.1) is 16.0 Å². The van der Waals surface area contributed by atoms with Crippen LogP contribution in [0.2, 0.25) is 0 Å². The fourth-order valence-electron chi connectivity index (χ4n) is 2.92. The zero-order valence-electron chi connectivity index (χ0n) is 13.4. The molecule has 0 aliphatic carbocycles. The third kappa shape index (κ3) is 3.19. The zero-order chi connectivity index (χ0) is 16.8. The molecule has 0 spiro atoms. The van der Waals surface area contributed by atoms with Crippen molar-refractivity contribution in [3.05, 3.63) is 29.3 Å². The second kappa shape index (κ2) is 6.79. The van der Waals surface area contributed by atoms with Crippen LogP contribution in [-0.4, -0.2) is 51.3 Å². The Bertz CT molecular complexity index is 781. The van der Waals surface area contributed by atoms with Gasteiger partial charge in [0.25, 0.3) is 11.8 Å². The molecule has 24 heavy (non-hydrogen) atoms.